The van der Waals surface area contributed by atoms with Crippen molar-refractivity contribution in [3.05, 3.63) is 34.9 Å². The Kier molecular flexibility index (Phi) is 7.40. The van der Waals surface area contributed by atoms with E-state index in [0.29, 0.717) is 30.3 Å². The number of nitrogens with one attached hydrogen (secondary N) is 2. The van der Waals surface area contributed by atoms with Crippen LogP contribution >= 0.6 is 23.8 Å². The van der Waals surface area contributed by atoms with Crippen molar-refractivity contribution in [3.8, 4) is 0 Å². The number of halogens is 1. The van der Waals surface area contributed by atoms with E-state index in [1.54, 1.807) is 18.2 Å². The number of nitrogens with zero attached hydrogens (tertiary/aromatic N) is 1. The monoisotopic (exact) mass is 439 g/mol. The van der Waals surface area contributed by atoms with Gasteiger partial charge in [0, 0.05) is 30.3 Å². The maximum atomic E-state index is 12.4. The van der Waals surface area contributed by atoms with E-state index in [-0.39, 0.29) is 30.2 Å². The molecule has 0 bridgehead atoms. The molecular weight excluding hydrogens is 418 g/mol. The van der Waals surface area contributed by atoms with Gasteiger partial charge in [-0.05, 0) is 43.3 Å². The van der Waals surface area contributed by atoms with Gasteiger partial charge in [0.05, 0.1) is 12.5 Å². The Bertz CT molecular complexity index is 800. The summed E-state index contributed by atoms with van der Waals surface area (Å²) >= 11 is 11.2. The number of rotatable bonds is 5. The molecule has 2 N–H and O–H groups in total. The van der Waals surface area contributed by atoms with Crippen LogP contribution in [0.2, 0.25) is 5.02 Å². The number of hydrogen-bond donors (Lipinski definition) is 2. The maximum absolute atomic E-state index is 12.4. The van der Waals surface area contributed by atoms with E-state index in [1.165, 1.54) is 11.0 Å². The van der Waals surface area contributed by atoms with Crippen molar-refractivity contribution in [2.75, 3.05) is 26.3 Å². The average Bonchev–Trinajstić information content (AvgIpc) is 3.21. The number of ether oxygens (including phenoxy) is 2. The predicted molar refractivity (Wildman–Crippen MR) is 110 cm³/mol. The predicted octanol–water partition coefficient (Wildman–Crippen LogP) is 1.27. The van der Waals surface area contributed by atoms with Crippen LogP contribution < -0.4 is 10.6 Å². The Morgan fingerprint density at radius 2 is 2.24 bits per heavy atom. The maximum Gasteiger partial charge on any atom is 0.308 e. The summed E-state index contributed by atoms with van der Waals surface area (Å²) in [7, 11) is 0. The molecule has 1 aromatic carbocycles. The number of amides is 2. The highest BCUT2D eigenvalue weighted by molar-refractivity contribution is 7.80. The molecule has 8 nitrogen and oxygen atoms in total. The Morgan fingerprint density at radius 1 is 1.41 bits per heavy atom. The van der Waals surface area contributed by atoms with Gasteiger partial charge in [0.1, 0.15) is 12.6 Å². The van der Waals surface area contributed by atoms with Gasteiger partial charge in [-0.3, -0.25) is 19.7 Å². The van der Waals surface area contributed by atoms with E-state index < -0.39 is 17.9 Å². The van der Waals surface area contributed by atoms with Crippen LogP contribution in [0.5, 0.6) is 0 Å². The molecular formula is C19H22ClN3O5S. The van der Waals surface area contributed by atoms with Crippen LogP contribution in [-0.2, 0) is 19.1 Å². The van der Waals surface area contributed by atoms with Crippen LogP contribution in [0.3, 0.4) is 0 Å². The number of carbonyl (C=O) groups excluding carboxylic acids is 3. The van der Waals surface area contributed by atoms with Gasteiger partial charge in [-0.1, -0.05) is 17.7 Å². The van der Waals surface area contributed by atoms with Gasteiger partial charge in [-0.15, -0.1) is 0 Å². The summed E-state index contributed by atoms with van der Waals surface area (Å²) in [6, 6.07) is 5.58. The molecule has 2 aliphatic rings. The molecule has 2 fully saturated rings. The molecule has 2 saturated heterocycles. The topological polar surface area (TPSA) is 97.0 Å². The molecule has 0 saturated carbocycles. The summed E-state index contributed by atoms with van der Waals surface area (Å²) in [4.78, 5) is 38.5. The second-order valence-corrected chi connectivity index (χ2v) is 7.62. The number of hydrogen-bond acceptors (Lipinski definition) is 6. The van der Waals surface area contributed by atoms with E-state index >= 15 is 0 Å². The quantitative estimate of drug-likeness (QED) is 0.526. The number of piperazine rings is 1. The number of carbonyl (C=O) groups is 3. The molecule has 2 aliphatic heterocycles. The average molecular weight is 440 g/mol. The summed E-state index contributed by atoms with van der Waals surface area (Å²) in [5.41, 5.74) is 0.342. The smallest absolute Gasteiger partial charge is 0.308 e. The zero-order chi connectivity index (χ0) is 20.8. The molecule has 0 radical (unpaired) electrons. The lowest BCUT2D eigenvalue weighted by Gasteiger charge is -2.36. The molecule has 2 atom stereocenters. The van der Waals surface area contributed by atoms with Crippen LogP contribution in [0.1, 0.15) is 29.6 Å². The molecule has 0 aromatic heterocycles. The highest BCUT2D eigenvalue weighted by Gasteiger charge is 2.34. The molecule has 2 unspecified atom stereocenters. The molecule has 2 amide bonds. The zero-order valence-corrected chi connectivity index (χ0v) is 17.3. The van der Waals surface area contributed by atoms with Gasteiger partial charge in [0.2, 0.25) is 5.91 Å². The number of benzene rings is 1. The third-order valence-electron chi connectivity index (χ3n) is 4.71. The normalized spacial score (nSPS) is 21.4. The third kappa shape index (κ3) is 5.88. The van der Waals surface area contributed by atoms with E-state index in [9.17, 15) is 14.4 Å². The van der Waals surface area contributed by atoms with Gasteiger partial charge < -0.3 is 19.7 Å². The lowest BCUT2D eigenvalue weighted by Crippen LogP contribution is -2.60. The van der Waals surface area contributed by atoms with Crippen LogP contribution in [0.15, 0.2) is 24.3 Å². The molecule has 1 aromatic rings. The number of esters is 1. The molecule has 156 valence electrons. The highest BCUT2D eigenvalue weighted by atomic mass is 35.5. The largest absolute Gasteiger partial charge is 0.463 e. The van der Waals surface area contributed by atoms with Crippen LogP contribution in [0, 0.1) is 0 Å². The van der Waals surface area contributed by atoms with E-state index in [0.717, 1.165) is 12.8 Å². The van der Waals surface area contributed by atoms with Gasteiger partial charge in [-0.25, -0.2) is 0 Å². The molecule has 0 spiro atoms. The zero-order valence-electron chi connectivity index (χ0n) is 15.7. The third-order valence-corrected chi connectivity index (χ3v) is 5.28. The Labute approximate surface area is 178 Å². The van der Waals surface area contributed by atoms with Crippen LogP contribution in [0.4, 0.5) is 0 Å². The first-order valence-corrected chi connectivity index (χ1v) is 10.1. The van der Waals surface area contributed by atoms with Crippen molar-refractivity contribution in [1.82, 2.24) is 15.5 Å². The van der Waals surface area contributed by atoms with Crippen molar-refractivity contribution in [1.29, 1.82) is 0 Å². The van der Waals surface area contributed by atoms with Crippen molar-refractivity contribution in [3.63, 3.8) is 0 Å². The molecule has 3 rings (SSSR count). The summed E-state index contributed by atoms with van der Waals surface area (Å²) < 4.78 is 10.7. The van der Waals surface area contributed by atoms with Gasteiger partial charge >= 0.3 is 5.97 Å². The first kappa shape index (κ1) is 21.5. The Hall–Kier alpha value is -2.23. The highest BCUT2D eigenvalue weighted by Crippen LogP contribution is 2.15. The van der Waals surface area contributed by atoms with E-state index in [4.69, 9.17) is 33.3 Å². The van der Waals surface area contributed by atoms with Crippen molar-refractivity contribution < 1.29 is 23.9 Å². The molecule has 2 heterocycles. The fourth-order valence-corrected chi connectivity index (χ4v) is 3.71. The van der Waals surface area contributed by atoms with Crippen molar-refractivity contribution >= 4 is 46.7 Å². The molecule has 10 heteroatoms. The summed E-state index contributed by atoms with van der Waals surface area (Å²) in [5, 5.41) is 5.81. The van der Waals surface area contributed by atoms with E-state index in [2.05, 4.69) is 10.6 Å². The Balaban J connectivity index is 1.59. The van der Waals surface area contributed by atoms with Crippen LogP contribution in [-0.4, -0.2) is 66.2 Å². The number of thiocarbonyl (C=S) groups is 1. The van der Waals surface area contributed by atoms with Crippen LogP contribution in [0.25, 0.3) is 0 Å². The molecule has 29 heavy (non-hydrogen) atoms. The lowest BCUT2D eigenvalue weighted by molar-refractivity contribution is -0.150. The lowest BCUT2D eigenvalue weighted by atomic mass is 10.1. The van der Waals surface area contributed by atoms with Gasteiger partial charge in [0.25, 0.3) is 5.91 Å². The summed E-state index contributed by atoms with van der Waals surface area (Å²) in [6.07, 6.45) is 1.53. The minimum absolute atomic E-state index is 0.0711. The first-order valence-electron chi connectivity index (χ1n) is 9.36. The first-order chi connectivity index (χ1) is 13.9. The van der Waals surface area contributed by atoms with E-state index in [1.807, 2.05) is 0 Å². The fourth-order valence-electron chi connectivity index (χ4n) is 3.21. The minimum atomic E-state index is -0.854. The van der Waals surface area contributed by atoms with Crippen molar-refractivity contribution in [2.24, 2.45) is 0 Å². The van der Waals surface area contributed by atoms with Gasteiger partial charge in [-0.2, -0.15) is 0 Å². The Morgan fingerprint density at radius 3 is 2.97 bits per heavy atom. The second-order valence-electron chi connectivity index (χ2n) is 6.79. The van der Waals surface area contributed by atoms with Crippen molar-refractivity contribution in [2.45, 2.75) is 31.4 Å². The second kappa shape index (κ2) is 10.00. The fraction of sp³-hybridized carbons (Fsp3) is 0.474. The standard InChI is InChI=1S/C19H22ClN3O5S/c20-13-4-1-3-12(9-13)17(25)22-19(29)23-7-6-21-18(26)15(23)10-16(24)28-11-14-5-2-8-27-14/h1,3-4,9,14-15H,2,5-8,10-11H2,(H,21,26)(H,22,25,29). The summed E-state index contributed by atoms with van der Waals surface area (Å²) in [6.45, 7) is 1.56. The molecule has 0 aliphatic carbocycles. The van der Waals surface area contributed by atoms with Gasteiger partial charge in [0.15, 0.2) is 5.11 Å². The minimum Gasteiger partial charge on any atom is -0.463 e. The summed E-state index contributed by atoms with van der Waals surface area (Å²) in [5.74, 6) is -1.30. The SMILES string of the molecule is O=C(CC1C(=O)NCCN1C(=S)NC(=O)c1cccc(Cl)c1)OCC1CCCO1.